The third kappa shape index (κ3) is 33.8. The second-order valence-corrected chi connectivity index (χ2v) is 33.1. The second kappa shape index (κ2) is 57.4. The lowest BCUT2D eigenvalue weighted by atomic mass is 9.93. The minimum atomic E-state index is -2.25. The summed E-state index contributed by atoms with van der Waals surface area (Å²) in [6.07, 6.45) is -8.88. The maximum atomic E-state index is 13.6. The number of aliphatic hydroxyl groups is 17. The lowest BCUT2D eigenvalue weighted by Gasteiger charge is -2.52. The van der Waals surface area contributed by atoms with Crippen molar-refractivity contribution in [3.63, 3.8) is 0 Å². The third-order valence-electron chi connectivity index (χ3n) is 23.4. The van der Waals surface area contributed by atoms with Crippen LogP contribution in [-0.4, -0.2) is 340 Å². The standard InChI is InChI=1S/C84H151N3O32/c1-6-8-10-12-14-16-18-20-21-22-23-24-25-26-27-28-29-31-33-35-37-39-41-43-60(96)87-53(54(95)42-40-38-36-34-32-30-19-17-15-13-11-9-7-2)49-108-81-72(106)70(104)74(59(48-92)114-81)115-83-73(107)76(66(100)57(46-90)112-83)117-80-62(86-52(5)94)75(65(99)56(45-89)111-80)116-84-78(119-82-71(105)69(103)63(97)50(3)109-82)77(67(101)58(47-91)113-84)118-79-61(85-51(4)93)68(102)64(98)55(44-88)110-79/h20-21,40,42,50,53-59,61-84,88-92,95,97-107H,6-19,22-39,41,43-49H2,1-5H3,(H,85,93)(H,86,94)(H,87,96)/b21-20-,42-40+/t50?,53-,54+,55?,56?,57?,58?,59?,61?,62?,63+,64-,65+,66-,67-,68+,69?,70+,71-,72?,73?,74+,75+,76-,77-,78?,79+,80-,81+,82+,83-,84-/m0/s1. The fourth-order valence-corrected chi connectivity index (χ4v) is 16.1. The fraction of sp³-hybridized carbons (Fsp3) is 0.917. The first-order valence-electron chi connectivity index (χ1n) is 44.5. The summed E-state index contributed by atoms with van der Waals surface area (Å²) in [5.41, 5.74) is 0. The highest BCUT2D eigenvalue weighted by Crippen LogP contribution is 2.39. The van der Waals surface area contributed by atoms with Crippen LogP contribution >= 0.6 is 0 Å². The molecule has 20 N–H and O–H groups in total. The number of nitrogens with one attached hydrogen (secondary N) is 3. The Hall–Kier alpha value is -3.27. The first-order valence-corrected chi connectivity index (χ1v) is 44.5. The van der Waals surface area contributed by atoms with E-state index in [1.807, 2.05) is 6.08 Å². The van der Waals surface area contributed by atoms with Gasteiger partial charge in [-0.25, -0.2) is 0 Å². The summed E-state index contributed by atoms with van der Waals surface area (Å²) in [6, 6.07) is -4.69. The number of ether oxygens (including phenoxy) is 12. The second-order valence-electron chi connectivity index (χ2n) is 33.1. The predicted octanol–water partition coefficient (Wildman–Crippen LogP) is 1.50. The average molecular weight is 1720 g/mol. The number of unbranched alkanes of at least 4 members (excludes halogenated alkanes) is 30. The molecule has 32 atom stereocenters. The van der Waals surface area contributed by atoms with Gasteiger partial charge in [-0.15, -0.1) is 0 Å². The number of hydrogen-bond donors (Lipinski definition) is 20. The molecular weight excluding hydrogens is 1560 g/mol. The van der Waals surface area contributed by atoms with Gasteiger partial charge in [-0.05, 0) is 51.9 Å². The quantitative estimate of drug-likeness (QED) is 0.0303. The van der Waals surface area contributed by atoms with Crippen LogP contribution in [0.25, 0.3) is 0 Å². The molecule has 6 saturated heterocycles. The van der Waals surface area contributed by atoms with Gasteiger partial charge in [-0.2, -0.15) is 0 Å². The van der Waals surface area contributed by atoms with Crippen LogP contribution < -0.4 is 16.0 Å². The van der Waals surface area contributed by atoms with E-state index in [1.54, 1.807) is 6.08 Å². The number of carbonyl (C=O) groups excluding carboxylic acids is 3. The Morgan fingerprint density at radius 1 is 0.345 bits per heavy atom. The molecule has 0 aromatic rings. The Balaban J connectivity index is 1.11. The summed E-state index contributed by atoms with van der Waals surface area (Å²) in [5.74, 6) is -2.06. The molecule has 12 unspecified atom stereocenters. The molecule has 6 aliphatic heterocycles. The summed E-state index contributed by atoms with van der Waals surface area (Å²) in [5, 5.41) is 199. The molecule has 0 saturated carbocycles. The monoisotopic (exact) mass is 1710 g/mol. The maximum absolute atomic E-state index is 13.6. The summed E-state index contributed by atoms with van der Waals surface area (Å²) in [7, 11) is 0. The van der Waals surface area contributed by atoms with Crippen LogP contribution in [0.15, 0.2) is 24.3 Å². The van der Waals surface area contributed by atoms with Crippen LogP contribution in [-0.2, 0) is 71.2 Å². The largest absolute Gasteiger partial charge is 0.394 e. The van der Waals surface area contributed by atoms with Crippen LogP contribution in [0.1, 0.15) is 253 Å². The minimum absolute atomic E-state index is 0.166. The highest BCUT2D eigenvalue weighted by molar-refractivity contribution is 5.76. The van der Waals surface area contributed by atoms with E-state index in [4.69, 9.17) is 56.8 Å². The van der Waals surface area contributed by atoms with Gasteiger partial charge in [-0.1, -0.05) is 205 Å². The number of hydrogen-bond acceptors (Lipinski definition) is 32. The van der Waals surface area contributed by atoms with Crippen molar-refractivity contribution < 1.29 is 158 Å². The molecule has 0 aromatic carbocycles. The lowest BCUT2D eigenvalue weighted by molar-refractivity contribution is -0.401. The van der Waals surface area contributed by atoms with Gasteiger partial charge >= 0.3 is 0 Å². The van der Waals surface area contributed by atoms with Gasteiger partial charge in [0.25, 0.3) is 0 Å². The molecule has 35 nitrogen and oxygen atoms in total. The van der Waals surface area contributed by atoms with Crippen molar-refractivity contribution in [1.29, 1.82) is 0 Å². The Morgan fingerprint density at radius 2 is 0.714 bits per heavy atom. The van der Waals surface area contributed by atoms with Crippen molar-refractivity contribution in [2.75, 3.05) is 39.6 Å². The lowest BCUT2D eigenvalue weighted by Crippen LogP contribution is -2.71. The molecule has 6 heterocycles. The van der Waals surface area contributed by atoms with E-state index < -0.39 is 248 Å². The van der Waals surface area contributed by atoms with E-state index in [9.17, 15) is 101 Å². The third-order valence-corrected chi connectivity index (χ3v) is 23.4. The Morgan fingerprint density at radius 3 is 1.21 bits per heavy atom. The van der Waals surface area contributed by atoms with Crippen LogP contribution in [0.4, 0.5) is 0 Å². The van der Waals surface area contributed by atoms with Crippen molar-refractivity contribution in [2.24, 2.45) is 0 Å². The van der Waals surface area contributed by atoms with Gasteiger partial charge < -0.3 is 160 Å². The molecule has 0 aromatic heterocycles. The minimum Gasteiger partial charge on any atom is -0.394 e. The van der Waals surface area contributed by atoms with Gasteiger partial charge in [0.2, 0.25) is 17.7 Å². The highest BCUT2D eigenvalue weighted by Gasteiger charge is 2.59. The average Bonchev–Trinajstić information content (AvgIpc) is 0.763. The molecule has 6 aliphatic rings. The smallest absolute Gasteiger partial charge is 0.220 e. The van der Waals surface area contributed by atoms with Crippen molar-refractivity contribution in [3.8, 4) is 0 Å². The number of rotatable bonds is 58. The zero-order valence-electron chi connectivity index (χ0n) is 70.8. The number of carbonyl (C=O) groups is 3. The predicted molar refractivity (Wildman–Crippen MR) is 429 cm³/mol. The first-order chi connectivity index (χ1) is 57.3. The van der Waals surface area contributed by atoms with E-state index >= 15 is 0 Å². The molecule has 35 heteroatoms. The molecule has 3 amide bonds. The van der Waals surface area contributed by atoms with E-state index in [1.165, 1.54) is 155 Å². The Bertz CT molecular complexity index is 2780. The molecule has 0 radical (unpaired) electrons. The number of amides is 3. The fourth-order valence-electron chi connectivity index (χ4n) is 16.1. The van der Waals surface area contributed by atoms with Crippen LogP contribution in [0.3, 0.4) is 0 Å². The van der Waals surface area contributed by atoms with Gasteiger partial charge in [0.05, 0.1) is 57.9 Å². The molecule has 0 bridgehead atoms. The van der Waals surface area contributed by atoms with Crippen molar-refractivity contribution in [3.05, 3.63) is 24.3 Å². The van der Waals surface area contributed by atoms with E-state index in [0.717, 1.165) is 65.2 Å². The number of aliphatic hydroxyl groups excluding tert-OH is 17. The zero-order chi connectivity index (χ0) is 86.9. The summed E-state index contributed by atoms with van der Waals surface area (Å²) >= 11 is 0. The first kappa shape index (κ1) is 105. The van der Waals surface area contributed by atoms with Crippen LogP contribution in [0.5, 0.6) is 0 Å². The van der Waals surface area contributed by atoms with Gasteiger partial charge in [0.15, 0.2) is 37.7 Å². The van der Waals surface area contributed by atoms with Gasteiger partial charge in [0, 0.05) is 20.3 Å². The molecule has 0 aliphatic carbocycles. The van der Waals surface area contributed by atoms with Crippen molar-refractivity contribution >= 4 is 17.7 Å². The zero-order valence-corrected chi connectivity index (χ0v) is 70.8. The topological polar surface area (TPSA) is 542 Å². The Kier molecular flexibility index (Phi) is 50.4. The molecular formula is C84H151N3O32. The van der Waals surface area contributed by atoms with Gasteiger partial charge in [-0.3, -0.25) is 14.4 Å². The molecule has 694 valence electrons. The van der Waals surface area contributed by atoms with Crippen LogP contribution in [0, 0.1) is 0 Å². The molecule has 6 fully saturated rings. The van der Waals surface area contributed by atoms with E-state index in [-0.39, 0.29) is 12.3 Å². The van der Waals surface area contributed by atoms with Crippen molar-refractivity contribution in [1.82, 2.24) is 16.0 Å². The highest BCUT2D eigenvalue weighted by atomic mass is 16.8. The SMILES string of the molecule is CCCCCCCC/C=C\CCCCCCCCCCCCCCCC(=O)N[C@@H](CO[C@@H]1OC(CO)[C@@H](O[C@@H]2OC(CO)[C@H](O)[C@H](O[C@@H]3OC(CO)[C@@H](O)[C@H](O[C@@H]4OC(CO)[C@H](O)[C@H](O[C@H]5OC(CO)[C@H](O)[C@H](O)C5NC(C)=O)C4O[C@H]4OC(C)[C@@H](O)C(O)[C@@H]4O)C3NC(C)=O)C2O)[C@H](O)C1O)[C@H](O)/C=C/CCCCCCCCCCCCC. The summed E-state index contributed by atoms with van der Waals surface area (Å²) in [6.45, 7) is 2.23. The van der Waals surface area contributed by atoms with E-state index in [0.29, 0.717) is 12.8 Å². The molecule has 0 spiro atoms. The normalized spacial score (nSPS) is 35.8. The maximum Gasteiger partial charge on any atom is 0.220 e. The van der Waals surface area contributed by atoms with Gasteiger partial charge in [0.1, 0.15) is 140 Å². The number of allylic oxidation sites excluding steroid dienone is 3. The van der Waals surface area contributed by atoms with Crippen molar-refractivity contribution in [2.45, 2.75) is 449 Å². The summed E-state index contributed by atoms with van der Waals surface area (Å²) in [4.78, 5) is 39.5. The Labute approximate surface area is 702 Å². The molecule has 119 heavy (non-hydrogen) atoms. The van der Waals surface area contributed by atoms with Crippen LogP contribution in [0.2, 0.25) is 0 Å². The van der Waals surface area contributed by atoms with E-state index in [2.05, 4.69) is 41.9 Å². The summed E-state index contributed by atoms with van der Waals surface area (Å²) < 4.78 is 72.7. The molecule has 6 rings (SSSR count).